The zero-order chi connectivity index (χ0) is 26.0. The minimum absolute atomic E-state index is 0.0515. The number of benzene rings is 2. The van der Waals surface area contributed by atoms with Crippen molar-refractivity contribution in [2.45, 2.75) is 38.1 Å². The standard InChI is InChI=1S/C25H29N3O6S2/c1-16-13-17(2)23-21(14-16)28(15-22(29)34-4)25(35-23)26-24(30)18-9-11-27(12-10-18)36(31,32)20-7-5-19(33-3)6-8-20/h5-8,13-14,18H,9-12,15H2,1-4H3. The second kappa shape index (κ2) is 10.5. The average Bonchev–Trinajstić information content (AvgIpc) is 3.20. The summed E-state index contributed by atoms with van der Waals surface area (Å²) in [5, 5.41) is 0. The largest absolute Gasteiger partial charge is 0.497 e. The summed E-state index contributed by atoms with van der Waals surface area (Å²) in [6, 6.07) is 10.3. The topological polar surface area (TPSA) is 107 Å². The maximum atomic E-state index is 13.1. The molecular weight excluding hydrogens is 502 g/mol. The first-order chi connectivity index (χ1) is 17.1. The van der Waals surface area contributed by atoms with Crippen molar-refractivity contribution in [1.82, 2.24) is 8.87 Å². The lowest BCUT2D eigenvalue weighted by Crippen LogP contribution is -2.40. The highest BCUT2D eigenvalue weighted by Gasteiger charge is 2.32. The molecule has 192 valence electrons. The number of aryl methyl sites for hydroxylation is 2. The van der Waals surface area contributed by atoms with E-state index in [0.29, 0.717) is 23.4 Å². The number of amides is 1. The lowest BCUT2D eigenvalue weighted by Gasteiger charge is -2.29. The summed E-state index contributed by atoms with van der Waals surface area (Å²) in [6.45, 7) is 4.37. The van der Waals surface area contributed by atoms with E-state index in [1.807, 2.05) is 26.0 Å². The molecule has 2 heterocycles. The van der Waals surface area contributed by atoms with E-state index in [1.165, 1.54) is 42.0 Å². The molecule has 1 aliphatic heterocycles. The average molecular weight is 532 g/mol. The van der Waals surface area contributed by atoms with Crippen LogP contribution in [0.15, 0.2) is 46.3 Å². The van der Waals surface area contributed by atoms with E-state index in [9.17, 15) is 18.0 Å². The molecule has 1 aromatic heterocycles. The highest BCUT2D eigenvalue weighted by Crippen LogP contribution is 2.27. The van der Waals surface area contributed by atoms with Crippen molar-refractivity contribution < 1.29 is 27.5 Å². The number of hydrogen-bond acceptors (Lipinski definition) is 7. The summed E-state index contributed by atoms with van der Waals surface area (Å²) in [5.74, 6) is -0.557. The highest BCUT2D eigenvalue weighted by atomic mass is 32.2. The number of thiazole rings is 1. The molecule has 0 atom stereocenters. The summed E-state index contributed by atoms with van der Waals surface area (Å²) in [7, 11) is -0.817. The minimum atomic E-state index is -3.66. The monoisotopic (exact) mass is 531 g/mol. The Balaban J connectivity index is 1.56. The van der Waals surface area contributed by atoms with Crippen molar-refractivity contribution in [1.29, 1.82) is 0 Å². The van der Waals surface area contributed by atoms with Crippen molar-refractivity contribution in [2.24, 2.45) is 10.9 Å². The zero-order valence-electron chi connectivity index (χ0n) is 20.7. The van der Waals surface area contributed by atoms with Crippen molar-refractivity contribution in [3.8, 4) is 5.75 Å². The number of esters is 1. The van der Waals surface area contributed by atoms with E-state index in [-0.39, 0.29) is 30.4 Å². The van der Waals surface area contributed by atoms with Crippen LogP contribution in [-0.2, 0) is 30.9 Å². The normalized spacial score (nSPS) is 15.8. The van der Waals surface area contributed by atoms with E-state index in [4.69, 9.17) is 9.47 Å². The zero-order valence-corrected chi connectivity index (χ0v) is 22.3. The first kappa shape index (κ1) is 26.1. The van der Waals surface area contributed by atoms with Crippen LogP contribution < -0.4 is 9.54 Å². The minimum Gasteiger partial charge on any atom is -0.497 e. The van der Waals surface area contributed by atoms with Crippen LogP contribution in [0.25, 0.3) is 10.2 Å². The highest BCUT2D eigenvalue weighted by molar-refractivity contribution is 7.89. The van der Waals surface area contributed by atoms with Gasteiger partial charge in [0.25, 0.3) is 5.91 Å². The van der Waals surface area contributed by atoms with Gasteiger partial charge in [0.2, 0.25) is 10.0 Å². The molecule has 9 nitrogen and oxygen atoms in total. The molecule has 0 N–H and O–H groups in total. The summed E-state index contributed by atoms with van der Waals surface area (Å²) in [5.41, 5.74) is 2.91. The second-order valence-electron chi connectivity index (χ2n) is 8.78. The second-order valence-corrected chi connectivity index (χ2v) is 11.7. The maximum absolute atomic E-state index is 13.1. The molecule has 1 aliphatic rings. The molecule has 0 radical (unpaired) electrons. The van der Waals surface area contributed by atoms with Gasteiger partial charge in [-0.25, -0.2) is 8.42 Å². The Kier molecular flexibility index (Phi) is 7.62. The molecule has 0 saturated carbocycles. The van der Waals surface area contributed by atoms with Gasteiger partial charge in [0.1, 0.15) is 12.3 Å². The van der Waals surface area contributed by atoms with Gasteiger partial charge in [0, 0.05) is 19.0 Å². The number of rotatable bonds is 6. The first-order valence-electron chi connectivity index (χ1n) is 11.5. The summed E-state index contributed by atoms with van der Waals surface area (Å²) < 4.78 is 40.1. The predicted molar refractivity (Wildman–Crippen MR) is 136 cm³/mol. The molecule has 1 saturated heterocycles. The molecule has 2 aromatic carbocycles. The molecular formula is C25H29N3O6S2. The van der Waals surface area contributed by atoms with Gasteiger partial charge in [0.05, 0.1) is 29.3 Å². The Morgan fingerprint density at radius 1 is 1.08 bits per heavy atom. The number of aromatic nitrogens is 1. The van der Waals surface area contributed by atoms with Gasteiger partial charge in [-0.05, 0) is 68.1 Å². The molecule has 4 rings (SSSR count). The SMILES string of the molecule is COC(=O)Cn1c(=NC(=O)C2CCN(S(=O)(=O)c3ccc(OC)cc3)CC2)sc2c(C)cc(C)cc21. The number of hydrogen-bond donors (Lipinski definition) is 0. The number of nitrogens with zero attached hydrogens (tertiary/aromatic N) is 3. The fourth-order valence-electron chi connectivity index (χ4n) is 4.37. The fraction of sp³-hybridized carbons (Fsp3) is 0.400. The van der Waals surface area contributed by atoms with Crippen LogP contribution in [0.2, 0.25) is 0 Å². The molecule has 1 fully saturated rings. The Labute approximate surface area is 214 Å². The van der Waals surface area contributed by atoms with Gasteiger partial charge in [0.15, 0.2) is 4.80 Å². The van der Waals surface area contributed by atoms with E-state index in [1.54, 1.807) is 16.7 Å². The van der Waals surface area contributed by atoms with Crippen LogP contribution in [0.5, 0.6) is 5.75 Å². The lowest BCUT2D eigenvalue weighted by molar-refractivity contribution is -0.141. The fourth-order valence-corrected chi connectivity index (χ4v) is 6.92. The summed E-state index contributed by atoms with van der Waals surface area (Å²) in [6.07, 6.45) is 0.746. The Morgan fingerprint density at radius 3 is 2.36 bits per heavy atom. The van der Waals surface area contributed by atoms with Gasteiger partial charge in [-0.2, -0.15) is 9.30 Å². The van der Waals surface area contributed by atoms with Crippen molar-refractivity contribution in [3.05, 3.63) is 52.3 Å². The molecule has 0 aliphatic carbocycles. The number of ether oxygens (including phenoxy) is 2. The van der Waals surface area contributed by atoms with E-state index in [2.05, 4.69) is 4.99 Å². The van der Waals surface area contributed by atoms with Gasteiger partial charge in [-0.15, -0.1) is 0 Å². The van der Waals surface area contributed by atoms with Crippen molar-refractivity contribution in [3.63, 3.8) is 0 Å². The molecule has 3 aromatic rings. The van der Waals surface area contributed by atoms with E-state index < -0.39 is 21.9 Å². The Bertz CT molecular complexity index is 1460. The third-order valence-electron chi connectivity index (χ3n) is 6.34. The molecule has 0 bridgehead atoms. The number of fused-ring (bicyclic) bond motifs is 1. The quantitative estimate of drug-likeness (QED) is 0.453. The smallest absolute Gasteiger partial charge is 0.325 e. The molecule has 0 unspecified atom stereocenters. The van der Waals surface area contributed by atoms with E-state index in [0.717, 1.165) is 21.3 Å². The van der Waals surface area contributed by atoms with Gasteiger partial charge >= 0.3 is 5.97 Å². The maximum Gasteiger partial charge on any atom is 0.325 e. The Morgan fingerprint density at radius 2 is 1.75 bits per heavy atom. The third-order valence-corrected chi connectivity index (χ3v) is 9.48. The van der Waals surface area contributed by atoms with Crippen LogP contribution in [-0.4, -0.2) is 56.5 Å². The number of methoxy groups -OCH3 is 2. The van der Waals surface area contributed by atoms with Crippen LogP contribution in [0.1, 0.15) is 24.0 Å². The first-order valence-corrected chi connectivity index (χ1v) is 13.8. The van der Waals surface area contributed by atoms with Crippen molar-refractivity contribution in [2.75, 3.05) is 27.3 Å². The molecule has 1 amide bonds. The van der Waals surface area contributed by atoms with E-state index >= 15 is 0 Å². The molecule has 11 heteroatoms. The van der Waals surface area contributed by atoms with Gasteiger partial charge in [-0.3, -0.25) is 9.59 Å². The number of carbonyl (C=O) groups excluding carboxylic acids is 2. The predicted octanol–water partition coefficient (Wildman–Crippen LogP) is 3.03. The van der Waals surface area contributed by atoms with Crippen LogP contribution in [0, 0.1) is 19.8 Å². The van der Waals surface area contributed by atoms with Gasteiger partial charge in [-0.1, -0.05) is 17.4 Å². The molecule has 0 spiro atoms. The van der Waals surface area contributed by atoms with Crippen LogP contribution >= 0.6 is 11.3 Å². The van der Waals surface area contributed by atoms with Gasteiger partial charge < -0.3 is 14.0 Å². The Hall–Kier alpha value is -3.02. The van der Waals surface area contributed by atoms with Crippen LogP contribution in [0.4, 0.5) is 0 Å². The van der Waals surface area contributed by atoms with Crippen molar-refractivity contribution >= 4 is 43.5 Å². The lowest BCUT2D eigenvalue weighted by atomic mass is 9.98. The molecule has 36 heavy (non-hydrogen) atoms. The third kappa shape index (κ3) is 5.23. The van der Waals surface area contributed by atoms with Crippen LogP contribution in [0.3, 0.4) is 0 Å². The summed E-state index contributed by atoms with van der Waals surface area (Å²) in [4.78, 5) is 30.2. The number of sulfonamides is 1. The number of carbonyl (C=O) groups is 2. The number of piperidine rings is 1. The summed E-state index contributed by atoms with van der Waals surface area (Å²) >= 11 is 1.36.